The summed E-state index contributed by atoms with van der Waals surface area (Å²) in [6.45, 7) is 1.82. The van der Waals surface area contributed by atoms with Crippen LogP contribution in [-0.2, 0) is 6.54 Å². The highest BCUT2D eigenvalue weighted by Gasteiger charge is 2.07. The maximum Gasteiger partial charge on any atom is 0.149 e. The lowest BCUT2D eigenvalue weighted by Crippen LogP contribution is -2.04. The van der Waals surface area contributed by atoms with Gasteiger partial charge in [-0.05, 0) is 36.2 Å². The van der Waals surface area contributed by atoms with E-state index in [4.69, 9.17) is 0 Å². The van der Waals surface area contributed by atoms with Crippen LogP contribution < -0.4 is 5.32 Å². The monoisotopic (exact) mass is 251 g/mol. The summed E-state index contributed by atoms with van der Waals surface area (Å²) in [7, 11) is 0. The second-order valence-corrected chi connectivity index (χ2v) is 4.03. The highest BCUT2D eigenvalue weighted by molar-refractivity contribution is 5.46. The summed E-state index contributed by atoms with van der Waals surface area (Å²) in [5.74, 6) is -1.66. The molecule has 0 spiro atoms. The molecule has 0 saturated heterocycles. The van der Waals surface area contributed by atoms with Gasteiger partial charge in [0, 0.05) is 6.54 Å². The Bertz CT molecular complexity index is 547. The van der Waals surface area contributed by atoms with E-state index >= 15 is 0 Å². The van der Waals surface area contributed by atoms with Gasteiger partial charge in [-0.15, -0.1) is 0 Å². The predicted octanol–water partition coefficient (Wildman–Crippen LogP) is 4.02. The van der Waals surface area contributed by atoms with Gasteiger partial charge in [-0.3, -0.25) is 0 Å². The second-order valence-electron chi connectivity index (χ2n) is 4.03. The van der Waals surface area contributed by atoms with Crippen LogP contribution in [0.1, 0.15) is 11.1 Å². The lowest BCUT2D eigenvalue weighted by molar-refractivity contribution is 0.588. The Morgan fingerprint density at radius 1 is 0.944 bits per heavy atom. The molecule has 0 fully saturated rings. The minimum Gasteiger partial charge on any atom is -0.376 e. The van der Waals surface area contributed by atoms with Gasteiger partial charge in [-0.25, -0.2) is 13.2 Å². The van der Waals surface area contributed by atoms with Gasteiger partial charge >= 0.3 is 0 Å². The molecular formula is C14H12F3N. The Kier molecular flexibility index (Phi) is 3.55. The first-order valence-corrected chi connectivity index (χ1v) is 5.51. The summed E-state index contributed by atoms with van der Waals surface area (Å²) < 4.78 is 39.9. The number of aryl methyl sites for hydroxylation is 1. The number of halogens is 3. The summed E-state index contributed by atoms with van der Waals surface area (Å²) in [5.41, 5.74) is 0.968. The molecule has 1 N–H and O–H groups in total. The molecule has 0 atom stereocenters. The number of benzene rings is 2. The second kappa shape index (κ2) is 5.12. The SMILES string of the molecule is Cc1ccc(CNc2c(F)cccc2F)cc1F. The fraction of sp³-hybridized carbons (Fsp3) is 0.143. The highest BCUT2D eigenvalue weighted by Crippen LogP contribution is 2.19. The van der Waals surface area contributed by atoms with Gasteiger partial charge in [0.2, 0.25) is 0 Å². The first-order chi connectivity index (χ1) is 8.58. The first kappa shape index (κ1) is 12.5. The van der Waals surface area contributed by atoms with E-state index in [0.717, 1.165) is 0 Å². The Morgan fingerprint density at radius 2 is 1.61 bits per heavy atom. The lowest BCUT2D eigenvalue weighted by atomic mass is 10.1. The van der Waals surface area contributed by atoms with Crippen molar-refractivity contribution in [3.8, 4) is 0 Å². The molecule has 0 unspecified atom stereocenters. The number of para-hydroxylation sites is 1. The third kappa shape index (κ3) is 2.64. The molecule has 18 heavy (non-hydrogen) atoms. The van der Waals surface area contributed by atoms with E-state index in [9.17, 15) is 13.2 Å². The third-order valence-electron chi connectivity index (χ3n) is 2.67. The van der Waals surface area contributed by atoms with Crippen LogP contribution in [0.4, 0.5) is 18.9 Å². The highest BCUT2D eigenvalue weighted by atomic mass is 19.1. The molecule has 0 aliphatic carbocycles. The van der Waals surface area contributed by atoms with E-state index < -0.39 is 11.6 Å². The number of anilines is 1. The van der Waals surface area contributed by atoms with Crippen molar-refractivity contribution in [2.24, 2.45) is 0 Å². The number of rotatable bonds is 3. The molecule has 2 rings (SSSR count). The molecular weight excluding hydrogens is 239 g/mol. The number of nitrogens with one attached hydrogen (secondary N) is 1. The van der Waals surface area contributed by atoms with Crippen LogP contribution in [0, 0.1) is 24.4 Å². The van der Waals surface area contributed by atoms with Gasteiger partial charge in [-0.1, -0.05) is 18.2 Å². The van der Waals surface area contributed by atoms with E-state index in [1.807, 2.05) is 0 Å². The van der Waals surface area contributed by atoms with Gasteiger partial charge < -0.3 is 5.32 Å². The molecule has 0 aliphatic rings. The Hall–Kier alpha value is -1.97. The van der Waals surface area contributed by atoms with E-state index in [1.54, 1.807) is 19.1 Å². The van der Waals surface area contributed by atoms with Crippen LogP contribution in [-0.4, -0.2) is 0 Å². The summed E-state index contributed by atoms with van der Waals surface area (Å²) in [4.78, 5) is 0. The quantitative estimate of drug-likeness (QED) is 0.868. The molecule has 0 radical (unpaired) electrons. The first-order valence-electron chi connectivity index (χ1n) is 5.51. The van der Waals surface area contributed by atoms with E-state index in [-0.39, 0.29) is 18.0 Å². The Labute approximate surface area is 103 Å². The predicted molar refractivity (Wildman–Crippen MR) is 64.8 cm³/mol. The van der Waals surface area contributed by atoms with Crippen LogP contribution in [0.5, 0.6) is 0 Å². The van der Waals surface area contributed by atoms with Gasteiger partial charge in [0.1, 0.15) is 23.1 Å². The minimum absolute atomic E-state index is 0.162. The molecule has 0 bridgehead atoms. The Morgan fingerprint density at radius 3 is 2.22 bits per heavy atom. The smallest absolute Gasteiger partial charge is 0.149 e. The molecule has 0 aromatic heterocycles. The van der Waals surface area contributed by atoms with Crippen molar-refractivity contribution in [1.29, 1.82) is 0 Å². The average molecular weight is 251 g/mol. The van der Waals surface area contributed by atoms with Crippen LogP contribution in [0.2, 0.25) is 0 Å². The van der Waals surface area contributed by atoms with Crippen LogP contribution >= 0.6 is 0 Å². The van der Waals surface area contributed by atoms with Crippen LogP contribution in [0.3, 0.4) is 0 Å². The molecule has 94 valence electrons. The molecule has 0 heterocycles. The maximum absolute atomic E-state index is 13.3. The van der Waals surface area contributed by atoms with Crippen molar-refractivity contribution in [3.63, 3.8) is 0 Å². The van der Waals surface area contributed by atoms with E-state index in [0.29, 0.717) is 11.1 Å². The average Bonchev–Trinajstić information content (AvgIpc) is 2.33. The fourth-order valence-electron chi connectivity index (χ4n) is 1.60. The lowest BCUT2D eigenvalue weighted by Gasteiger charge is -2.09. The summed E-state index contributed by atoms with van der Waals surface area (Å²) in [6.07, 6.45) is 0. The molecule has 0 saturated carbocycles. The van der Waals surface area contributed by atoms with Crippen LogP contribution in [0.25, 0.3) is 0 Å². The van der Waals surface area contributed by atoms with E-state index in [2.05, 4.69) is 5.32 Å². The zero-order chi connectivity index (χ0) is 13.1. The minimum atomic E-state index is -0.664. The van der Waals surface area contributed by atoms with Crippen molar-refractivity contribution in [1.82, 2.24) is 0 Å². The normalized spacial score (nSPS) is 10.4. The molecule has 2 aromatic rings. The standard InChI is InChI=1S/C14H12F3N/c1-9-5-6-10(7-13(9)17)8-18-14-11(15)3-2-4-12(14)16/h2-7,18H,8H2,1H3. The van der Waals surface area contributed by atoms with Crippen molar-refractivity contribution in [3.05, 3.63) is 65.0 Å². The number of hydrogen-bond donors (Lipinski definition) is 1. The summed E-state index contributed by atoms with van der Waals surface area (Å²) in [5, 5.41) is 2.63. The van der Waals surface area contributed by atoms with Gasteiger partial charge in [0.25, 0.3) is 0 Å². The van der Waals surface area contributed by atoms with Crippen LogP contribution in [0.15, 0.2) is 36.4 Å². The number of hydrogen-bond acceptors (Lipinski definition) is 1. The molecule has 4 heteroatoms. The van der Waals surface area contributed by atoms with Gasteiger partial charge in [0.15, 0.2) is 0 Å². The van der Waals surface area contributed by atoms with Crippen molar-refractivity contribution in [2.75, 3.05) is 5.32 Å². The zero-order valence-electron chi connectivity index (χ0n) is 9.81. The van der Waals surface area contributed by atoms with Crippen molar-refractivity contribution in [2.45, 2.75) is 13.5 Å². The molecule has 0 amide bonds. The molecule has 0 aliphatic heterocycles. The largest absolute Gasteiger partial charge is 0.376 e. The maximum atomic E-state index is 13.3. The molecule has 1 nitrogen and oxygen atoms in total. The zero-order valence-corrected chi connectivity index (χ0v) is 9.81. The topological polar surface area (TPSA) is 12.0 Å². The fourth-order valence-corrected chi connectivity index (χ4v) is 1.60. The van der Waals surface area contributed by atoms with E-state index in [1.165, 1.54) is 24.3 Å². The summed E-state index contributed by atoms with van der Waals surface area (Å²) in [6, 6.07) is 8.32. The van der Waals surface area contributed by atoms with Crippen molar-refractivity contribution < 1.29 is 13.2 Å². The van der Waals surface area contributed by atoms with Crippen molar-refractivity contribution >= 4 is 5.69 Å². The summed E-state index contributed by atoms with van der Waals surface area (Å²) >= 11 is 0. The molecule has 2 aromatic carbocycles. The Balaban J connectivity index is 2.14. The van der Waals surface area contributed by atoms with Gasteiger partial charge in [0.05, 0.1) is 0 Å². The van der Waals surface area contributed by atoms with Gasteiger partial charge in [-0.2, -0.15) is 0 Å². The third-order valence-corrected chi connectivity index (χ3v) is 2.67.